The minimum Gasteiger partial charge on any atom is -0.322 e. The Balaban J connectivity index is 2.27. The van der Waals surface area contributed by atoms with E-state index in [2.05, 4.69) is 5.32 Å². The highest BCUT2D eigenvalue weighted by Gasteiger charge is 2.34. The van der Waals surface area contributed by atoms with Crippen molar-refractivity contribution in [1.82, 2.24) is 0 Å². The summed E-state index contributed by atoms with van der Waals surface area (Å²) >= 11 is 0. The molecule has 1 N–H and O–H groups in total. The molecule has 0 aliphatic rings. The molecule has 0 unspecified atom stereocenters. The van der Waals surface area contributed by atoms with Crippen LogP contribution in [0.5, 0.6) is 0 Å². The van der Waals surface area contributed by atoms with Crippen molar-refractivity contribution in [2.75, 3.05) is 5.32 Å². The third kappa shape index (κ3) is 3.41. The zero-order valence-electron chi connectivity index (χ0n) is 11.3. The van der Waals surface area contributed by atoms with Gasteiger partial charge in [-0.15, -0.1) is 0 Å². The van der Waals surface area contributed by atoms with E-state index in [-0.39, 0.29) is 16.8 Å². The minimum atomic E-state index is -4.86. The van der Waals surface area contributed by atoms with Crippen LogP contribution in [0.4, 0.5) is 27.6 Å². The predicted octanol–water partition coefficient (Wildman–Crippen LogP) is 4.54. The first-order valence-corrected chi connectivity index (χ1v) is 6.13. The molecule has 0 radical (unpaired) electrons. The fraction of sp³-hybridized carbons (Fsp3) is 0.133. The molecule has 0 heterocycles. The van der Waals surface area contributed by atoms with Gasteiger partial charge in [0.15, 0.2) is 0 Å². The van der Waals surface area contributed by atoms with Crippen LogP contribution in [-0.4, -0.2) is 5.91 Å². The van der Waals surface area contributed by atoms with E-state index in [9.17, 15) is 26.7 Å². The van der Waals surface area contributed by atoms with Gasteiger partial charge in [0, 0.05) is 11.3 Å². The number of amides is 1. The molecule has 116 valence electrons. The van der Waals surface area contributed by atoms with E-state index in [0.717, 1.165) is 12.1 Å². The summed E-state index contributed by atoms with van der Waals surface area (Å²) in [5.41, 5.74) is -1.37. The first kappa shape index (κ1) is 15.9. The van der Waals surface area contributed by atoms with Crippen molar-refractivity contribution in [3.05, 3.63) is 64.7 Å². The quantitative estimate of drug-likeness (QED) is 0.810. The zero-order valence-corrected chi connectivity index (χ0v) is 11.3. The van der Waals surface area contributed by atoms with Gasteiger partial charge in [0.25, 0.3) is 5.91 Å². The van der Waals surface area contributed by atoms with E-state index >= 15 is 0 Å². The number of rotatable bonds is 2. The lowest BCUT2D eigenvalue weighted by atomic mass is 10.1. The monoisotopic (exact) mass is 315 g/mol. The molecule has 0 aliphatic carbocycles. The van der Waals surface area contributed by atoms with Crippen molar-refractivity contribution < 1.29 is 26.7 Å². The molecule has 22 heavy (non-hydrogen) atoms. The Morgan fingerprint density at radius 3 is 2.23 bits per heavy atom. The summed E-state index contributed by atoms with van der Waals surface area (Å²) < 4.78 is 64.0. The maximum atomic E-state index is 13.1. The standard InChI is InChI=1S/C15H10F5NO/c1-8-6-9(2-4-12(8)16)14(22)21-10-3-5-13(17)11(7-10)15(18,19)20/h2-7H,1H3,(H,21,22). The summed E-state index contributed by atoms with van der Waals surface area (Å²) in [6, 6.07) is 5.68. The van der Waals surface area contributed by atoms with E-state index in [4.69, 9.17) is 0 Å². The summed E-state index contributed by atoms with van der Waals surface area (Å²) in [6.45, 7) is 1.45. The van der Waals surface area contributed by atoms with Crippen LogP contribution in [0.15, 0.2) is 36.4 Å². The van der Waals surface area contributed by atoms with Crippen molar-refractivity contribution in [2.24, 2.45) is 0 Å². The highest BCUT2D eigenvalue weighted by Crippen LogP contribution is 2.33. The van der Waals surface area contributed by atoms with Crippen molar-refractivity contribution in [3.8, 4) is 0 Å². The van der Waals surface area contributed by atoms with E-state index in [1.54, 1.807) is 0 Å². The Morgan fingerprint density at radius 2 is 1.64 bits per heavy atom. The molecule has 0 spiro atoms. The maximum Gasteiger partial charge on any atom is 0.419 e. The Hall–Kier alpha value is -2.44. The lowest BCUT2D eigenvalue weighted by molar-refractivity contribution is -0.139. The molecule has 0 fully saturated rings. The van der Waals surface area contributed by atoms with Gasteiger partial charge in [-0.3, -0.25) is 4.79 Å². The van der Waals surface area contributed by atoms with Gasteiger partial charge < -0.3 is 5.32 Å². The fourth-order valence-electron chi connectivity index (χ4n) is 1.81. The molecule has 0 saturated heterocycles. The molecule has 0 atom stereocenters. The highest BCUT2D eigenvalue weighted by atomic mass is 19.4. The van der Waals surface area contributed by atoms with Crippen molar-refractivity contribution in [3.63, 3.8) is 0 Å². The molecule has 2 nitrogen and oxygen atoms in total. The summed E-state index contributed by atoms with van der Waals surface area (Å²) in [7, 11) is 0. The van der Waals surface area contributed by atoms with Crippen LogP contribution >= 0.6 is 0 Å². The maximum absolute atomic E-state index is 13.1. The number of carbonyl (C=O) groups is 1. The predicted molar refractivity (Wildman–Crippen MR) is 70.5 cm³/mol. The first-order valence-electron chi connectivity index (χ1n) is 6.13. The number of alkyl halides is 3. The number of hydrogen-bond donors (Lipinski definition) is 1. The summed E-state index contributed by atoms with van der Waals surface area (Å²) in [5, 5.41) is 2.22. The van der Waals surface area contributed by atoms with Gasteiger partial charge in [-0.2, -0.15) is 13.2 Å². The van der Waals surface area contributed by atoms with Crippen LogP contribution in [0.1, 0.15) is 21.5 Å². The molecule has 2 aromatic rings. The molecule has 7 heteroatoms. The Labute approximate surface area is 122 Å². The van der Waals surface area contributed by atoms with Crippen molar-refractivity contribution >= 4 is 11.6 Å². The SMILES string of the molecule is Cc1cc(C(=O)Nc2ccc(F)c(C(F)(F)F)c2)ccc1F. The average Bonchev–Trinajstić information content (AvgIpc) is 2.42. The zero-order chi connectivity index (χ0) is 16.5. The topological polar surface area (TPSA) is 29.1 Å². The van der Waals surface area contributed by atoms with E-state index in [1.807, 2.05) is 0 Å². The fourth-order valence-corrected chi connectivity index (χ4v) is 1.81. The minimum absolute atomic E-state index is 0.0804. The first-order chi connectivity index (χ1) is 10.2. The Kier molecular flexibility index (Phi) is 4.16. The number of halogens is 5. The number of anilines is 1. The van der Waals surface area contributed by atoms with Gasteiger partial charge >= 0.3 is 6.18 Å². The van der Waals surface area contributed by atoms with E-state index in [1.165, 1.54) is 19.1 Å². The van der Waals surface area contributed by atoms with Crippen LogP contribution in [0.25, 0.3) is 0 Å². The molecule has 1 amide bonds. The second-order valence-corrected chi connectivity index (χ2v) is 4.61. The Morgan fingerprint density at radius 1 is 1.00 bits per heavy atom. The van der Waals surface area contributed by atoms with Crippen LogP contribution in [0.3, 0.4) is 0 Å². The van der Waals surface area contributed by atoms with Gasteiger partial charge in [-0.25, -0.2) is 8.78 Å². The molecule has 0 aromatic heterocycles. The lowest BCUT2D eigenvalue weighted by Crippen LogP contribution is -2.14. The van der Waals surface area contributed by atoms with Gasteiger partial charge in [-0.05, 0) is 48.9 Å². The van der Waals surface area contributed by atoms with E-state index < -0.39 is 29.3 Å². The van der Waals surface area contributed by atoms with Crippen LogP contribution in [0, 0.1) is 18.6 Å². The normalized spacial score (nSPS) is 11.4. The summed E-state index contributed by atoms with van der Waals surface area (Å²) in [6.07, 6.45) is -4.86. The van der Waals surface area contributed by atoms with E-state index in [0.29, 0.717) is 12.1 Å². The molecular weight excluding hydrogens is 305 g/mol. The summed E-state index contributed by atoms with van der Waals surface area (Å²) in [4.78, 5) is 11.9. The molecular formula is C15H10F5NO. The molecule has 2 rings (SSSR count). The number of hydrogen-bond acceptors (Lipinski definition) is 1. The third-order valence-electron chi connectivity index (χ3n) is 2.95. The van der Waals surface area contributed by atoms with Gasteiger partial charge in [0.2, 0.25) is 0 Å². The molecule has 0 bridgehead atoms. The van der Waals surface area contributed by atoms with Gasteiger partial charge in [0.1, 0.15) is 11.6 Å². The number of carbonyl (C=O) groups excluding carboxylic acids is 1. The molecule has 0 saturated carbocycles. The lowest BCUT2D eigenvalue weighted by Gasteiger charge is -2.11. The van der Waals surface area contributed by atoms with Crippen molar-refractivity contribution in [2.45, 2.75) is 13.1 Å². The highest BCUT2D eigenvalue weighted by molar-refractivity contribution is 6.04. The number of benzene rings is 2. The van der Waals surface area contributed by atoms with Gasteiger partial charge in [0.05, 0.1) is 5.56 Å². The second kappa shape index (κ2) is 5.75. The average molecular weight is 315 g/mol. The van der Waals surface area contributed by atoms with Crippen LogP contribution in [-0.2, 0) is 6.18 Å². The summed E-state index contributed by atoms with van der Waals surface area (Å²) in [5.74, 6) is -2.65. The molecule has 2 aromatic carbocycles. The van der Waals surface area contributed by atoms with Crippen molar-refractivity contribution in [1.29, 1.82) is 0 Å². The smallest absolute Gasteiger partial charge is 0.322 e. The largest absolute Gasteiger partial charge is 0.419 e. The van der Waals surface area contributed by atoms with Gasteiger partial charge in [-0.1, -0.05) is 0 Å². The number of aryl methyl sites for hydroxylation is 1. The molecule has 0 aliphatic heterocycles. The van der Waals surface area contributed by atoms with Crippen LogP contribution < -0.4 is 5.32 Å². The number of nitrogens with one attached hydrogen (secondary N) is 1. The Bertz CT molecular complexity index is 724. The van der Waals surface area contributed by atoms with Crippen LogP contribution in [0.2, 0.25) is 0 Å². The third-order valence-corrected chi connectivity index (χ3v) is 2.95. The second-order valence-electron chi connectivity index (χ2n) is 4.61.